The van der Waals surface area contributed by atoms with Crippen LogP contribution >= 0.6 is 0 Å². The first kappa shape index (κ1) is 17.1. The molecule has 1 heterocycles. The van der Waals surface area contributed by atoms with Gasteiger partial charge in [-0.1, -0.05) is 29.8 Å². The van der Waals surface area contributed by atoms with E-state index in [0.29, 0.717) is 0 Å². The zero-order valence-corrected chi connectivity index (χ0v) is 14.6. The van der Waals surface area contributed by atoms with Gasteiger partial charge in [0.25, 0.3) is 0 Å². The van der Waals surface area contributed by atoms with Crippen molar-refractivity contribution >= 4 is 5.96 Å². The molecule has 2 aromatic rings. The molecule has 0 saturated carbocycles. The molecule has 0 aliphatic heterocycles. The Kier molecular flexibility index (Phi) is 6.20. The van der Waals surface area contributed by atoms with Crippen LogP contribution in [0.4, 0.5) is 0 Å². The molecule has 0 saturated heterocycles. The highest BCUT2D eigenvalue weighted by molar-refractivity contribution is 5.79. The smallest absolute Gasteiger partial charge is 0.191 e. The lowest BCUT2D eigenvalue weighted by Crippen LogP contribution is -2.37. The monoisotopic (exact) mass is 313 g/mol. The van der Waals surface area contributed by atoms with Gasteiger partial charge in [-0.15, -0.1) is 0 Å². The molecule has 5 heteroatoms. The van der Waals surface area contributed by atoms with Gasteiger partial charge >= 0.3 is 0 Å². The van der Waals surface area contributed by atoms with Crippen molar-refractivity contribution in [2.24, 2.45) is 4.99 Å². The first-order valence-corrected chi connectivity index (χ1v) is 8.09. The van der Waals surface area contributed by atoms with Crippen molar-refractivity contribution in [3.8, 4) is 0 Å². The van der Waals surface area contributed by atoms with Crippen LogP contribution in [0.3, 0.4) is 0 Å². The quantitative estimate of drug-likeness (QED) is 0.489. The van der Waals surface area contributed by atoms with E-state index in [1.807, 2.05) is 6.92 Å². The number of benzene rings is 1. The molecular formula is C18H27N5. The fourth-order valence-electron chi connectivity index (χ4n) is 2.57. The molecule has 2 rings (SSSR count). The van der Waals surface area contributed by atoms with Crippen LogP contribution in [-0.4, -0.2) is 29.3 Å². The first-order valence-electron chi connectivity index (χ1n) is 8.09. The van der Waals surface area contributed by atoms with Gasteiger partial charge in [-0.25, -0.2) is 0 Å². The third-order valence-electron chi connectivity index (χ3n) is 3.71. The minimum Gasteiger partial charge on any atom is -0.356 e. The Morgan fingerprint density at radius 3 is 2.65 bits per heavy atom. The molecule has 1 aromatic heterocycles. The Morgan fingerprint density at radius 1 is 1.17 bits per heavy atom. The number of rotatable bonds is 6. The van der Waals surface area contributed by atoms with E-state index in [1.54, 1.807) is 7.05 Å². The number of aliphatic imine (C=N–C) groups is 1. The van der Waals surface area contributed by atoms with E-state index < -0.39 is 0 Å². The minimum atomic E-state index is 0.777. The number of nitrogens with zero attached hydrogens (tertiary/aromatic N) is 3. The molecule has 0 unspecified atom stereocenters. The summed E-state index contributed by atoms with van der Waals surface area (Å²) in [6.07, 6.45) is 1.01. The van der Waals surface area contributed by atoms with Gasteiger partial charge in [-0.05, 0) is 38.8 Å². The topological polar surface area (TPSA) is 54.2 Å². The zero-order chi connectivity index (χ0) is 16.7. The highest BCUT2D eigenvalue weighted by Crippen LogP contribution is 2.03. The van der Waals surface area contributed by atoms with Crippen LogP contribution in [0.5, 0.6) is 0 Å². The molecule has 124 valence electrons. The van der Waals surface area contributed by atoms with Gasteiger partial charge in [0.15, 0.2) is 5.96 Å². The maximum Gasteiger partial charge on any atom is 0.191 e. The Bertz CT molecular complexity index is 657. The van der Waals surface area contributed by atoms with Gasteiger partial charge in [0.2, 0.25) is 0 Å². The second-order valence-electron chi connectivity index (χ2n) is 5.85. The van der Waals surface area contributed by atoms with Crippen LogP contribution in [-0.2, 0) is 13.1 Å². The number of hydrogen-bond donors (Lipinski definition) is 2. The van der Waals surface area contributed by atoms with Gasteiger partial charge in [-0.2, -0.15) is 5.10 Å². The lowest BCUT2D eigenvalue weighted by molar-refractivity contribution is 0.555. The van der Waals surface area contributed by atoms with Crippen molar-refractivity contribution in [3.05, 3.63) is 52.8 Å². The number of hydrogen-bond acceptors (Lipinski definition) is 2. The predicted octanol–water partition coefficient (Wildman–Crippen LogP) is 2.56. The molecule has 0 atom stereocenters. The Morgan fingerprint density at radius 2 is 2.00 bits per heavy atom. The van der Waals surface area contributed by atoms with Crippen LogP contribution in [0.1, 0.15) is 28.9 Å². The number of aryl methyl sites for hydroxylation is 4. The average Bonchev–Trinajstić information content (AvgIpc) is 2.84. The summed E-state index contributed by atoms with van der Waals surface area (Å²) in [4.78, 5) is 4.26. The van der Waals surface area contributed by atoms with Gasteiger partial charge in [-0.3, -0.25) is 9.67 Å². The molecule has 0 amide bonds. The third-order valence-corrected chi connectivity index (χ3v) is 3.71. The zero-order valence-electron chi connectivity index (χ0n) is 14.6. The standard InChI is InChI=1S/C18H27N5/c1-14-7-5-8-17(11-14)13-21-18(19-4)20-9-6-10-23-16(3)12-15(2)22-23/h5,7-8,11-12H,6,9-10,13H2,1-4H3,(H2,19,20,21). The Hall–Kier alpha value is -2.30. The van der Waals surface area contributed by atoms with Crippen LogP contribution in [0.15, 0.2) is 35.3 Å². The SMILES string of the molecule is CN=C(NCCCn1nc(C)cc1C)NCc1cccc(C)c1. The van der Waals surface area contributed by atoms with Crippen LogP contribution in [0.2, 0.25) is 0 Å². The molecule has 0 radical (unpaired) electrons. The summed E-state index contributed by atoms with van der Waals surface area (Å²) in [5.74, 6) is 0.833. The van der Waals surface area contributed by atoms with Crippen molar-refractivity contribution in [1.82, 2.24) is 20.4 Å². The second-order valence-corrected chi connectivity index (χ2v) is 5.85. The van der Waals surface area contributed by atoms with E-state index >= 15 is 0 Å². The van der Waals surface area contributed by atoms with Gasteiger partial charge < -0.3 is 10.6 Å². The molecule has 1 aromatic carbocycles. The van der Waals surface area contributed by atoms with Crippen LogP contribution < -0.4 is 10.6 Å². The average molecular weight is 313 g/mol. The van der Waals surface area contributed by atoms with E-state index in [4.69, 9.17) is 0 Å². The van der Waals surface area contributed by atoms with E-state index in [9.17, 15) is 0 Å². The molecule has 0 spiro atoms. The number of aromatic nitrogens is 2. The van der Waals surface area contributed by atoms with Crippen molar-refractivity contribution < 1.29 is 0 Å². The normalized spacial score (nSPS) is 11.6. The van der Waals surface area contributed by atoms with E-state index in [0.717, 1.165) is 37.7 Å². The molecular weight excluding hydrogens is 286 g/mol. The number of nitrogens with one attached hydrogen (secondary N) is 2. The third kappa shape index (κ3) is 5.43. The summed E-state index contributed by atoms with van der Waals surface area (Å²) in [6.45, 7) is 8.79. The van der Waals surface area contributed by atoms with E-state index in [1.165, 1.54) is 16.8 Å². The second kappa shape index (κ2) is 8.36. The van der Waals surface area contributed by atoms with Crippen molar-refractivity contribution in [1.29, 1.82) is 0 Å². The van der Waals surface area contributed by atoms with Gasteiger partial charge in [0, 0.05) is 32.4 Å². The summed E-state index contributed by atoms with van der Waals surface area (Å²) >= 11 is 0. The van der Waals surface area contributed by atoms with Crippen LogP contribution in [0.25, 0.3) is 0 Å². The molecule has 0 aliphatic rings. The summed E-state index contributed by atoms with van der Waals surface area (Å²) in [5, 5.41) is 11.2. The minimum absolute atomic E-state index is 0.777. The molecule has 0 bridgehead atoms. The fourth-order valence-corrected chi connectivity index (χ4v) is 2.57. The first-order chi connectivity index (χ1) is 11.1. The van der Waals surface area contributed by atoms with Gasteiger partial charge in [0.05, 0.1) is 5.69 Å². The number of guanidine groups is 1. The van der Waals surface area contributed by atoms with Crippen molar-refractivity contribution in [3.63, 3.8) is 0 Å². The van der Waals surface area contributed by atoms with Crippen molar-refractivity contribution in [2.45, 2.75) is 40.3 Å². The summed E-state index contributed by atoms with van der Waals surface area (Å²) in [6, 6.07) is 10.6. The summed E-state index contributed by atoms with van der Waals surface area (Å²) < 4.78 is 2.06. The Labute approximate surface area is 138 Å². The summed E-state index contributed by atoms with van der Waals surface area (Å²) in [7, 11) is 1.80. The Balaban J connectivity index is 1.72. The molecule has 2 N–H and O–H groups in total. The molecule has 0 aliphatic carbocycles. The van der Waals surface area contributed by atoms with Crippen LogP contribution in [0, 0.1) is 20.8 Å². The van der Waals surface area contributed by atoms with Gasteiger partial charge in [0.1, 0.15) is 0 Å². The van der Waals surface area contributed by atoms with E-state index in [2.05, 4.69) is 69.6 Å². The maximum atomic E-state index is 4.47. The lowest BCUT2D eigenvalue weighted by Gasteiger charge is -2.12. The molecule has 5 nitrogen and oxygen atoms in total. The predicted molar refractivity (Wildman–Crippen MR) is 95.7 cm³/mol. The summed E-state index contributed by atoms with van der Waals surface area (Å²) in [5.41, 5.74) is 4.82. The molecule has 0 fully saturated rings. The molecule has 23 heavy (non-hydrogen) atoms. The lowest BCUT2D eigenvalue weighted by atomic mass is 10.1. The highest BCUT2D eigenvalue weighted by atomic mass is 15.3. The van der Waals surface area contributed by atoms with Crippen molar-refractivity contribution in [2.75, 3.05) is 13.6 Å². The largest absolute Gasteiger partial charge is 0.356 e. The fraction of sp³-hybridized carbons (Fsp3) is 0.444. The maximum absolute atomic E-state index is 4.47. The highest BCUT2D eigenvalue weighted by Gasteiger charge is 2.01. The van der Waals surface area contributed by atoms with E-state index in [-0.39, 0.29) is 0 Å².